The number of carbonyl (C=O) groups is 2. The fraction of sp³-hybridized carbons (Fsp3) is 0.846. The Hall–Kier alpha value is -1.06. The average Bonchev–Trinajstić information content (AvgIpc) is 3.03. The van der Waals surface area contributed by atoms with Gasteiger partial charge in [0.15, 0.2) is 0 Å². The number of hydrogen-bond donors (Lipinski definition) is 0. The number of rotatable bonds is 6. The van der Waals surface area contributed by atoms with Gasteiger partial charge in [-0.05, 0) is 25.2 Å². The molecule has 2 aliphatic rings. The first-order chi connectivity index (χ1) is 8.20. The number of amides is 1. The fourth-order valence-corrected chi connectivity index (χ4v) is 2.15. The largest absolute Gasteiger partial charge is 0.465 e. The van der Waals surface area contributed by atoms with Crippen molar-refractivity contribution >= 4 is 11.9 Å². The zero-order valence-electron chi connectivity index (χ0n) is 10.5. The van der Waals surface area contributed by atoms with Gasteiger partial charge in [0, 0.05) is 19.5 Å². The highest BCUT2D eigenvalue weighted by atomic mass is 16.5. The van der Waals surface area contributed by atoms with E-state index in [1.807, 2.05) is 4.90 Å². The van der Waals surface area contributed by atoms with E-state index < -0.39 is 0 Å². The zero-order chi connectivity index (χ0) is 12.3. The molecule has 1 unspecified atom stereocenters. The molecule has 4 nitrogen and oxygen atoms in total. The minimum Gasteiger partial charge on any atom is -0.465 e. The van der Waals surface area contributed by atoms with E-state index in [2.05, 4.69) is 6.92 Å². The first kappa shape index (κ1) is 12.4. The molecule has 1 saturated carbocycles. The van der Waals surface area contributed by atoms with E-state index in [-0.39, 0.29) is 17.8 Å². The van der Waals surface area contributed by atoms with Crippen LogP contribution in [-0.2, 0) is 14.3 Å². The van der Waals surface area contributed by atoms with E-state index >= 15 is 0 Å². The SMILES string of the molecule is CCCCOC(=O)C1CC(=O)N(CC2CC2)C1. The monoisotopic (exact) mass is 239 g/mol. The van der Waals surface area contributed by atoms with Crippen LogP contribution in [0.2, 0.25) is 0 Å². The second-order valence-electron chi connectivity index (χ2n) is 5.16. The fourth-order valence-electron chi connectivity index (χ4n) is 2.15. The van der Waals surface area contributed by atoms with Crippen molar-refractivity contribution in [3.05, 3.63) is 0 Å². The van der Waals surface area contributed by atoms with Crippen molar-refractivity contribution < 1.29 is 14.3 Å². The van der Waals surface area contributed by atoms with Crippen LogP contribution in [0.3, 0.4) is 0 Å². The summed E-state index contributed by atoms with van der Waals surface area (Å²) in [6.45, 7) is 3.96. The zero-order valence-corrected chi connectivity index (χ0v) is 10.5. The Kier molecular flexibility index (Phi) is 4.02. The van der Waals surface area contributed by atoms with Gasteiger partial charge in [-0.1, -0.05) is 13.3 Å². The molecule has 96 valence electrons. The van der Waals surface area contributed by atoms with E-state index in [0.717, 1.165) is 19.4 Å². The second-order valence-corrected chi connectivity index (χ2v) is 5.16. The molecule has 4 heteroatoms. The molecule has 0 aromatic carbocycles. The summed E-state index contributed by atoms with van der Waals surface area (Å²) in [5.41, 5.74) is 0. The average molecular weight is 239 g/mol. The lowest BCUT2D eigenvalue weighted by Gasteiger charge is -2.15. The summed E-state index contributed by atoms with van der Waals surface area (Å²) in [6.07, 6.45) is 4.73. The van der Waals surface area contributed by atoms with Crippen molar-refractivity contribution in [2.24, 2.45) is 11.8 Å². The second kappa shape index (κ2) is 5.52. The summed E-state index contributed by atoms with van der Waals surface area (Å²) in [7, 11) is 0. The van der Waals surface area contributed by atoms with Crippen molar-refractivity contribution in [2.45, 2.75) is 39.0 Å². The summed E-state index contributed by atoms with van der Waals surface area (Å²) in [6, 6.07) is 0. The number of likely N-dealkylation sites (tertiary alicyclic amines) is 1. The predicted octanol–water partition coefficient (Wildman–Crippen LogP) is 1.59. The van der Waals surface area contributed by atoms with Crippen LogP contribution in [0.5, 0.6) is 0 Å². The molecule has 2 rings (SSSR count). The molecule has 1 heterocycles. The molecule has 0 spiro atoms. The van der Waals surface area contributed by atoms with Gasteiger partial charge in [-0.15, -0.1) is 0 Å². The minimum atomic E-state index is -0.224. The maximum Gasteiger partial charge on any atom is 0.311 e. The number of nitrogens with zero attached hydrogens (tertiary/aromatic N) is 1. The smallest absolute Gasteiger partial charge is 0.311 e. The van der Waals surface area contributed by atoms with Crippen LogP contribution in [0.25, 0.3) is 0 Å². The first-order valence-corrected chi connectivity index (χ1v) is 6.65. The lowest BCUT2D eigenvalue weighted by atomic mass is 10.1. The van der Waals surface area contributed by atoms with Crippen LogP contribution in [0.15, 0.2) is 0 Å². The molecule has 1 aliphatic carbocycles. The number of ether oxygens (including phenoxy) is 1. The highest BCUT2D eigenvalue weighted by Gasteiger charge is 2.37. The van der Waals surface area contributed by atoms with E-state index in [4.69, 9.17) is 4.74 Å². The number of hydrogen-bond acceptors (Lipinski definition) is 3. The Bertz CT molecular complexity index is 299. The van der Waals surface area contributed by atoms with E-state index in [9.17, 15) is 9.59 Å². The number of unbranched alkanes of at least 4 members (excludes halogenated alkanes) is 1. The van der Waals surface area contributed by atoms with Gasteiger partial charge in [-0.25, -0.2) is 0 Å². The van der Waals surface area contributed by atoms with Crippen LogP contribution in [0.1, 0.15) is 39.0 Å². The van der Waals surface area contributed by atoms with Gasteiger partial charge in [0.2, 0.25) is 5.91 Å². The third kappa shape index (κ3) is 3.45. The lowest BCUT2D eigenvalue weighted by molar-refractivity contribution is -0.148. The molecule has 0 N–H and O–H groups in total. The molecule has 0 bridgehead atoms. The maximum absolute atomic E-state index is 11.7. The van der Waals surface area contributed by atoms with Gasteiger partial charge in [-0.3, -0.25) is 9.59 Å². The van der Waals surface area contributed by atoms with Crippen LogP contribution in [0.4, 0.5) is 0 Å². The van der Waals surface area contributed by atoms with E-state index in [1.54, 1.807) is 0 Å². The molecule has 0 radical (unpaired) electrons. The van der Waals surface area contributed by atoms with Crippen molar-refractivity contribution in [1.29, 1.82) is 0 Å². The number of esters is 1. The maximum atomic E-state index is 11.7. The Morgan fingerprint density at radius 1 is 1.47 bits per heavy atom. The molecule has 2 fully saturated rings. The normalized spacial score (nSPS) is 24.2. The highest BCUT2D eigenvalue weighted by molar-refractivity contribution is 5.86. The Balaban J connectivity index is 1.74. The van der Waals surface area contributed by atoms with Crippen molar-refractivity contribution in [3.8, 4) is 0 Å². The number of carbonyl (C=O) groups excluding carboxylic acids is 2. The summed E-state index contributed by atoms with van der Waals surface area (Å²) >= 11 is 0. The van der Waals surface area contributed by atoms with E-state index in [1.165, 1.54) is 12.8 Å². The predicted molar refractivity (Wildman–Crippen MR) is 63.3 cm³/mol. The van der Waals surface area contributed by atoms with Crippen LogP contribution >= 0.6 is 0 Å². The van der Waals surface area contributed by atoms with E-state index in [0.29, 0.717) is 25.5 Å². The standard InChI is InChI=1S/C13H21NO3/c1-2-3-6-17-13(16)11-7-12(15)14(9-11)8-10-4-5-10/h10-11H,2-9H2,1H3. The lowest BCUT2D eigenvalue weighted by Crippen LogP contribution is -2.28. The van der Waals surface area contributed by atoms with Crippen LogP contribution in [-0.4, -0.2) is 36.5 Å². The minimum absolute atomic E-state index is 0.120. The summed E-state index contributed by atoms with van der Waals surface area (Å²) < 4.78 is 5.17. The van der Waals surface area contributed by atoms with Gasteiger partial charge in [-0.2, -0.15) is 0 Å². The van der Waals surface area contributed by atoms with Crippen molar-refractivity contribution in [1.82, 2.24) is 4.90 Å². The molecule has 1 aliphatic heterocycles. The molecule has 0 aromatic rings. The van der Waals surface area contributed by atoms with Gasteiger partial charge >= 0.3 is 5.97 Å². The molecule has 1 atom stereocenters. The van der Waals surface area contributed by atoms with Gasteiger partial charge in [0.25, 0.3) is 0 Å². The third-order valence-corrected chi connectivity index (χ3v) is 3.47. The quantitative estimate of drug-likeness (QED) is 0.522. The van der Waals surface area contributed by atoms with Gasteiger partial charge in [0.05, 0.1) is 12.5 Å². The van der Waals surface area contributed by atoms with Crippen molar-refractivity contribution in [2.75, 3.05) is 19.7 Å². The molecular formula is C13H21NO3. The highest BCUT2D eigenvalue weighted by Crippen LogP contribution is 2.32. The summed E-state index contributed by atoms with van der Waals surface area (Å²) in [5, 5.41) is 0. The molecular weight excluding hydrogens is 218 g/mol. The van der Waals surface area contributed by atoms with Crippen molar-refractivity contribution in [3.63, 3.8) is 0 Å². The molecule has 17 heavy (non-hydrogen) atoms. The molecule has 0 aromatic heterocycles. The molecule has 1 saturated heterocycles. The Morgan fingerprint density at radius 3 is 2.88 bits per heavy atom. The Morgan fingerprint density at radius 2 is 2.24 bits per heavy atom. The Labute approximate surface area is 102 Å². The van der Waals surface area contributed by atoms with Crippen LogP contribution in [0, 0.1) is 11.8 Å². The summed E-state index contributed by atoms with van der Waals surface area (Å²) in [5.74, 6) is 0.395. The topological polar surface area (TPSA) is 46.6 Å². The van der Waals surface area contributed by atoms with Gasteiger partial charge in [0.1, 0.15) is 0 Å². The van der Waals surface area contributed by atoms with Crippen LogP contribution < -0.4 is 0 Å². The summed E-state index contributed by atoms with van der Waals surface area (Å²) in [4.78, 5) is 25.2. The van der Waals surface area contributed by atoms with Gasteiger partial charge < -0.3 is 9.64 Å². The molecule has 1 amide bonds. The third-order valence-electron chi connectivity index (χ3n) is 3.47. The first-order valence-electron chi connectivity index (χ1n) is 6.65.